The summed E-state index contributed by atoms with van der Waals surface area (Å²) in [6.07, 6.45) is -4.40. The quantitative estimate of drug-likeness (QED) is 0.870. The lowest BCUT2D eigenvalue weighted by Gasteiger charge is -2.16. The molecule has 0 aliphatic rings. The average Bonchev–Trinajstić information content (AvgIpc) is 2.18. The second kappa shape index (κ2) is 4.69. The third-order valence-electron chi connectivity index (χ3n) is 2.07. The third-order valence-corrected chi connectivity index (χ3v) is 2.07. The summed E-state index contributed by atoms with van der Waals surface area (Å²) in [5.74, 6) is 0.0154. The summed E-state index contributed by atoms with van der Waals surface area (Å²) in [7, 11) is 2.88. The van der Waals surface area contributed by atoms with Gasteiger partial charge in [0.25, 0.3) is 0 Å². The van der Waals surface area contributed by atoms with E-state index in [1.54, 1.807) is 7.05 Å². The van der Waals surface area contributed by atoms with Gasteiger partial charge in [-0.2, -0.15) is 13.2 Å². The molecule has 0 aliphatic heterocycles. The van der Waals surface area contributed by atoms with Crippen molar-refractivity contribution in [1.82, 2.24) is 10.3 Å². The highest BCUT2D eigenvalue weighted by Gasteiger charge is 2.35. The number of aromatic nitrogens is 1. The fraction of sp³-hybridized carbons (Fsp3) is 0.500. The van der Waals surface area contributed by atoms with E-state index in [0.29, 0.717) is 0 Å². The fourth-order valence-electron chi connectivity index (χ4n) is 1.44. The van der Waals surface area contributed by atoms with Crippen LogP contribution >= 0.6 is 0 Å². The second-order valence-electron chi connectivity index (χ2n) is 3.33. The molecule has 0 atom stereocenters. The Morgan fingerprint density at radius 2 is 2.06 bits per heavy atom. The van der Waals surface area contributed by atoms with Crippen LogP contribution in [-0.4, -0.2) is 19.1 Å². The Bertz CT molecular complexity index is 377. The van der Waals surface area contributed by atoms with Crippen LogP contribution in [0.15, 0.2) is 6.07 Å². The molecule has 0 aromatic carbocycles. The average molecular weight is 234 g/mol. The van der Waals surface area contributed by atoms with Crippen molar-refractivity contribution in [3.63, 3.8) is 0 Å². The summed E-state index contributed by atoms with van der Waals surface area (Å²) in [6, 6.07) is 1.02. The van der Waals surface area contributed by atoms with E-state index in [4.69, 9.17) is 4.74 Å². The summed E-state index contributed by atoms with van der Waals surface area (Å²) in [5, 5.41) is 2.67. The highest BCUT2D eigenvalue weighted by molar-refractivity contribution is 5.38. The molecule has 16 heavy (non-hydrogen) atoms. The molecule has 0 saturated heterocycles. The minimum absolute atomic E-state index is 0.0154. The Morgan fingerprint density at radius 1 is 1.44 bits per heavy atom. The first-order valence-corrected chi connectivity index (χ1v) is 4.66. The molecule has 0 spiro atoms. The zero-order valence-corrected chi connectivity index (χ0v) is 9.27. The smallest absolute Gasteiger partial charge is 0.416 e. The maximum atomic E-state index is 12.8. The lowest BCUT2D eigenvalue weighted by molar-refractivity contribution is -0.138. The van der Waals surface area contributed by atoms with Gasteiger partial charge in [-0.3, -0.25) is 0 Å². The van der Waals surface area contributed by atoms with E-state index in [-0.39, 0.29) is 23.7 Å². The van der Waals surface area contributed by atoms with Crippen LogP contribution in [0, 0.1) is 6.92 Å². The maximum absolute atomic E-state index is 12.8. The van der Waals surface area contributed by atoms with Gasteiger partial charge in [0.2, 0.25) is 5.88 Å². The third kappa shape index (κ3) is 2.63. The minimum atomic E-state index is -4.40. The molecule has 90 valence electrons. The maximum Gasteiger partial charge on any atom is 0.416 e. The lowest BCUT2D eigenvalue weighted by atomic mass is 10.1. The second-order valence-corrected chi connectivity index (χ2v) is 3.33. The number of methoxy groups -OCH3 is 1. The number of nitrogens with one attached hydrogen (secondary N) is 1. The van der Waals surface area contributed by atoms with Crippen LogP contribution in [0.3, 0.4) is 0 Å². The highest BCUT2D eigenvalue weighted by Crippen LogP contribution is 2.35. The fourth-order valence-corrected chi connectivity index (χ4v) is 1.44. The molecule has 0 unspecified atom stereocenters. The zero-order valence-electron chi connectivity index (χ0n) is 9.27. The summed E-state index contributed by atoms with van der Waals surface area (Å²) in [6.45, 7) is 1.56. The zero-order chi connectivity index (χ0) is 12.3. The molecular weight excluding hydrogens is 221 g/mol. The predicted molar refractivity (Wildman–Crippen MR) is 53.3 cm³/mol. The van der Waals surface area contributed by atoms with Crippen LogP contribution in [0.5, 0.6) is 5.88 Å². The largest absolute Gasteiger partial charge is 0.481 e. The molecule has 3 nitrogen and oxygen atoms in total. The molecule has 0 amide bonds. The van der Waals surface area contributed by atoms with Crippen LogP contribution in [-0.2, 0) is 12.7 Å². The van der Waals surface area contributed by atoms with Crippen LogP contribution < -0.4 is 10.1 Å². The standard InChI is InChI=1S/C10H13F3N2O/c1-6-4-8(10(11,12)13)7(5-14-2)9(15-6)16-3/h4,14H,5H2,1-3H3. The summed E-state index contributed by atoms with van der Waals surface area (Å²) < 4.78 is 43.1. The van der Waals surface area contributed by atoms with E-state index in [1.165, 1.54) is 14.0 Å². The monoisotopic (exact) mass is 234 g/mol. The van der Waals surface area contributed by atoms with Crippen molar-refractivity contribution in [2.45, 2.75) is 19.6 Å². The van der Waals surface area contributed by atoms with E-state index >= 15 is 0 Å². The van der Waals surface area contributed by atoms with Crippen molar-refractivity contribution in [2.24, 2.45) is 0 Å². The molecule has 0 bridgehead atoms. The Morgan fingerprint density at radius 3 is 2.50 bits per heavy atom. The molecule has 1 N–H and O–H groups in total. The summed E-state index contributed by atoms with van der Waals surface area (Å²) in [5.41, 5.74) is -0.390. The van der Waals surface area contributed by atoms with Gasteiger partial charge in [0.1, 0.15) is 0 Å². The number of pyridine rings is 1. The van der Waals surface area contributed by atoms with Gasteiger partial charge in [-0.25, -0.2) is 4.98 Å². The van der Waals surface area contributed by atoms with E-state index < -0.39 is 11.7 Å². The van der Waals surface area contributed by atoms with Gasteiger partial charge in [-0.15, -0.1) is 0 Å². The van der Waals surface area contributed by atoms with Gasteiger partial charge in [-0.1, -0.05) is 0 Å². The molecule has 0 radical (unpaired) electrons. The van der Waals surface area contributed by atoms with Crippen molar-refractivity contribution < 1.29 is 17.9 Å². The number of alkyl halides is 3. The van der Waals surface area contributed by atoms with Crippen molar-refractivity contribution in [3.8, 4) is 5.88 Å². The van der Waals surface area contributed by atoms with E-state index in [0.717, 1.165) is 6.07 Å². The lowest BCUT2D eigenvalue weighted by Crippen LogP contribution is -2.16. The van der Waals surface area contributed by atoms with E-state index in [2.05, 4.69) is 10.3 Å². The molecule has 1 aromatic rings. The summed E-state index contributed by atoms with van der Waals surface area (Å²) >= 11 is 0. The van der Waals surface area contributed by atoms with Crippen LogP contribution in [0.25, 0.3) is 0 Å². The van der Waals surface area contributed by atoms with Crippen LogP contribution in [0.4, 0.5) is 13.2 Å². The van der Waals surface area contributed by atoms with Gasteiger partial charge in [0.15, 0.2) is 0 Å². The molecular formula is C10H13F3N2O. The van der Waals surface area contributed by atoms with E-state index in [9.17, 15) is 13.2 Å². The predicted octanol–water partition coefficient (Wildman–Crippen LogP) is 2.14. The van der Waals surface area contributed by atoms with Gasteiger partial charge in [0.05, 0.1) is 12.7 Å². The first kappa shape index (κ1) is 12.8. The molecule has 6 heteroatoms. The number of hydrogen-bond donors (Lipinski definition) is 1. The van der Waals surface area contributed by atoms with Crippen molar-refractivity contribution in [2.75, 3.05) is 14.2 Å². The van der Waals surface area contributed by atoms with Gasteiger partial charge in [-0.05, 0) is 20.0 Å². The number of halogens is 3. The van der Waals surface area contributed by atoms with Gasteiger partial charge in [0, 0.05) is 17.8 Å². The molecule has 0 fully saturated rings. The Balaban J connectivity index is 3.38. The topological polar surface area (TPSA) is 34.2 Å². The Kier molecular flexibility index (Phi) is 3.74. The Hall–Kier alpha value is -1.30. The SMILES string of the molecule is CNCc1c(C(F)(F)F)cc(C)nc1OC. The normalized spacial score (nSPS) is 11.6. The number of nitrogens with zero attached hydrogens (tertiary/aromatic N) is 1. The first-order chi connectivity index (χ1) is 7.40. The van der Waals surface area contributed by atoms with E-state index in [1.807, 2.05) is 0 Å². The molecule has 1 aromatic heterocycles. The molecule has 1 rings (SSSR count). The minimum Gasteiger partial charge on any atom is -0.481 e. The number of aryl methyl sites for hydroxylation is 1. The van der Waals surface area contributed by atoms with Crippen LogP contribution in [0.2, 0.25) is 0 Å². The van der Waals surface area contributed by atoms with Gasteiger partial charge < -0.3 is 10.1 Å². The highest BCUT2D eigenvalue weighted by atomic mass is 19.4. The Labute approximate surface area is 91.6 Å². The van der Waals surface area contributed by atoms with Crippen molar-refractivity contribution in [3.05, 3.63) is 22.9 Å². The number of ether oxygens (including phenoxy) is 1. The molecule has 0 saturated carbocycles. The van der Waals surface area contributed by atoms with Crippen molar-refractivity contribution >= 4 is 0 Å². The van der Waals surface area contributed by atoms with Gasteiger partial charge >= 0.3 is 6.18 Å². The number of rotatable bonds is 3. The summed E-state index contributed by atoms with van der Waals surface area (Å²) in [4.78, 5) is 3.92. The first-order valence-electron chi connectivity index (χ1n) is 4.66. The molecule has 0 aliphatic carbocycles. The number of hydrogen-bond acceptors (Lipinski definition) is 3. The van der Waals surface area contributed by atoms with Crippen LogP contribution in [0.1, 0.15) is 16.8 Å². The van der Waals surface area contributed by atoms with Crippen molar-refractivity contribution in [1.29, 1.82) is 0 Å². The molecule has 1 heterocycles.